The fourth-order valence-electron chi connectivity index (χ4n) is 2.33. The minimum absolute atomic E-state index is 0.0515. The first-order valence-corrected chi connectivity index (χ1v) is 6.89. The van der Waals surface area contributed by atoms with Crippen LogP contribution in [-0.2, 0) is 4.79 Å². The minimum atomic E-state index is -0.361. The van der Waals surface area contributed by atoms with Crippen molar-refractivity contribution in [2.24, 2.45) is 5.10 Å². The van der Waals surface area contributed by atoms with Gasteiger partial charge in [-0.1, -0.05) is 18.2 Å². The van der Waals surface area contributed by atoms with Crippen molar-refractivity contribution in [2.45, 2.75) is 6.92 Å². The summed E-state index contributed by atoms with van der Waals surface area (Å²) in [4.78, 5) is 12.5. The van der Waals surface area contributed by atoms with Crippen molar-refractivity contribution in [1.29, 1.82) is 0 Å². The lowest BCUT2D eigenvalue weighted by Gasteiger charge is -2.11. The number of anilines is 1. The average molecular weight is 310 g/mol. The first-order chi connectivity index (χ1) is 11.0. The molecule has 0 aliphatic carbocycles. The lowest BCUT2D eigenvalue weighted by atomic mass is 10.1. The molecular weight excluding hydrogens is 296 g/mol. The molecule has 1 aliphatic rings. The molecule has 0 saturated heterocycles. The number of carbonyl (C=O) groups excluding carboxylic acids is 1. The number of phenolic OH excluding ortho intramolecular Hbond substituents is 3. The molecule has 0 fully saturated rings. The van der Waals surface area contributed by atoms with E-state index in [1.807, 2.05) is 6.07 Å². The van der Waals surface area contributed by atoms with Crippen LogP contribution in [0.2, 0.25) is 0 Å². The van der Waals surface area contributed by atoms with Gasteiger partial charge < -0.3 is 15.3 Å². The van der Waals surface area contributed by atoms with Crippen LogP contribution in [0.5, 0.6) is 17.2 Å². The zero-order valence-corrected chi connectivity index (χ0v) is 12.3. The summed E-state index contributed by atoms with van der Waals surface area (Å²) in [5.74, 6) is -1.28. The highest BCUT2D eigenvalue weighted by molar-refractivity contribution is 6.32. The molecule has 6 nitrogen and oxygen atoms in total. The minimum Gasteiger partial charge on any atom is -0.508 e. The Morgan fingerprint density at radius 1 is 1.04 bits per heavy atom. The monoisotopic (exact) mass is 310 g/mol. The standard InChI is InChI=1S/C17H14N2O4/c1-10-13(9-14-15(21)7-12(20)8-16(14)22)17(23)19(18-10)11-5-3-2-4-6-11/h2-9,20-22H,1H3/b13-9-. The average Bonchev–Trinajstić information content (AvgIpc) is 2.79. The van der Waals surface area contributed by atoms with Gasteiger partial charge in [0.15, 0.2) is 0 Å². The predicted octanol–water partition coefficient (Wildman–Crippen LogP) is 2.61. The number of hydrogen-bond acceptors (Lipinski definition) is 5. The van der Waals surface area contributed by atoms with Crippen LogP contribution >= 0.6 is 0 Å². The summed E-state index contributed by atoms with van der Waals surface area (Å²) in [6, 6.07) is 11.1. The van der Waals surface area contributed by atoms with E-state index in [-0.39, 0.29) is 34.3 Å². The SMILES string of the molecule is CC1=NN(c2ccccc2)C(=O)/C1=C\c1c(O)cc(O)cc1O. The van der Waals surface area contributed by atoms with Crippen molar-refractivity contribution in [2.75, 3.05) is 5.01 Å². The van der Waals surface area contributed by atoms with Gasteiger partial charge in [-0.15, -0.1) is 0 Å². The molecule has 1 aliphatic heterocycles. The molecule has 116 valence electrons. The predicted molar refractivity (Wildman–Crippen MR) is 86.5 cm³/mol. The largest absolute Gasteiger partial charge is 0.508 e. The van der Waals surface area contributed by atoms with Crippen LogP contribution < -0.4 is 5.01 Å². The fraction of sp³-hybridized carbons (Fsp3) is 0.0588. The molecule has 0 atom stereocenters. The summed E-state index contributed by atoms with van der Waals surface area (Å²) in [5, 5.41) is 34.5. The molecule has 0 radical (unpaired) electrons. The molecule has 1 amide bonds. The highest BCUT2D eigenvalue weighted by atomic mass is 16.3. The van der Waals surface area contributed by atoms with Crippen molar-refractivity contribution >= 4 is 23.4 Å². The van der Waals surface area contributed by atoms with E-state index in [4.69, 9.17) is 0 Å². The summed E-state index contributed by atoms with van der Waals surface area (Å²) >= 11 is 0. The molecule has 23 heavy (non-hydrogen) atoms. The second-order valence-electron chi connectivity index (χ2n) is 5.09. The van der Waals surface area contributed by atoms with Gasteiger partial charge in [0.25, 0.3) is 5.91 Å². The maximum Gasteiger partial charge on any atom is 0.280 e. The maximum absolute atomic E-state index is 12.5. The van der Waals surface area contributed by atoms with Gasteiger partial charge in [0.1, 0.15) is 17.2 Å². The number of carbonyl (C=O) groups is 1. The Morgan fingerprint density at radius 3 is 2.26 bits per heavy atom. The molecule has 1 heterocycles. The van der Waals surface area contributed by atoms with E-state index in [1.54, 1.807) is 31.2 Å². The van der Waals surface area contributed by atoms with E-state index in [0.29, 0.717) is 11.4 Å². The van der Waals surface area contributed by atoms with Crippen molar-refractivity contribution < 1.29 is 20.1 Å². The van der Waals surface area contributed by atoms with Crippen LogP contribution in [0.4, 0.5) is 5.69 Å². The van der Waals surface area contributed by atoms with Crippen molar-refractivity contribution in [1.82, 2.24) is 0 Å². The second-order valence-corrected chi connectivity index (χ2v) is 5.09. The van der Waals surface area contributed by atoms with Crippen LogP contribution in [0.3, 0.4) is 0 Å². The van der Waals surface area contributed by atoms with E-state index in [9.17, 15) is 20.1 Å². The van der Waals surface area contributed by atoms with E-state index in [0.717, 1.165) is 12.1 Å². The van der Waals surface area contributed by atoms with Crippen molar-refractivity contribution in [3.05, 3.63) is 53.6 Å². The van der Waals surface area contributed by atoms with E-state index < -0.39 is 0 Å². The van der Waals surface area contributed by atoms with Gasteiger partial charge in [-0.3, -0.25) is 4.79 Å². The zero-order valence-electron chi connectivity index (χ0n) is 12.3. The molecule has 3 N–H and O–H groups in total. The van der Waals surface area contributed by atoms with Gasteiger partial charge in [0.2, 0.25) is 0 Å². The summed E-state index contributed by atoms with van der Waals surface area (Å²) in [6.45, 7) is 1.67. The van der Waals surface area contributed by atoms with Crippen molar-refractivity contribution in [3.63, 3.8) is 0 Å². The number of hydrogen-bond donors (Lipinski definition) is 3. The van der Waals surface area contributed by atoms with Gasteiger partial charge in [-0.05, 0) is 25.1 Å². The summed E-state index contributed by atoms with van der Waals surface area (Å²) in [6.07, 6.45) is 1.36. The number of aromatic hydroxyl groups is 3. The zero-order chi connectivity index (χ0) is 16.6. The maximum atomic E-state index is 12.5. The number of nitrogens with zero attached hydrogens (tertiary/aromatic N) is 2. The molecule has 3 rings (SSSR count). The van der Waals surface area contributed by atoms with Crippen LogP contribution in [-0.4, -0.2) is 26.9 Å². The molecule has 0 saturated carbocycles. The van der Waals surface area contributed by atoms with Gasteiger partial charge in [-0.2, -0.15) is 10.1 Å². The summed E-state index contributed by atoms with van der Waals surface area (Å²) < 4.78 is 0. The Balaban J connectivity index is 2.02. The highest BCUT2D eigenvalue weighted by Gasteiger charge is 2.29. The Bertz CT molecular complexity index is 818. The smallest absolute Gasteiger partial charge is 0.280 e. The molecular formula is C17H14N2O4. The number of rotatable bonds is 2. The Morgan fingerprint density at radius 2 is 1.65 bits per heavy atom. The van der Waals surface area contributed by atoms with Crippen LogP contribution in [0, 0.1) is 0 Å². The van der Waals surface area contributed by atoms with E-state index in [1.165, 1.54) is 11.1 Å². The normalized spacial score (nSPS) is 16.0. The van der Waals surface area contributed by atoms with Crippen LogP contribution in [0.25, 0.3) is 6.08 Å². The first kappa shape index (κ1) is 14.6. The van der Waals surface area contributed by atoms with Crippen LogP contribution in [0.1, 0.15) is 12.5 Å². The molecule has 0 aromatic heterocycles. The van der Waals surface area contributed by atoms with Gasteiger partial charge >= 0.3 is 0 Å². The molecule has 0 spiro atoms. The topological polar surface area (TPSA) is 93.4 Å². The van der Waals surface area contributed by atoms with E-state index in [2.05, 4.69) is 5.10 Å². The Hall–Kier alpha value is -3.28. The highest BCUT2D eigenvalue weighted by Crippen LogP contribution is 2.35. The molecule has 2 aromatic rings. The van der Waals surface area contributed by atoms with E-state index >= 15 is 0 Å². The molecule has 0 unspecified atom stereocenters. The van der Waals surface area contributed by atoms with Crippen molar-refractivity contribution in [3.8, 4) is 17.2 Å². The van der Waals surface area contributed by atoms with Gasteiger partial charge in [-0.25, -0.2) is 0 Å². The Labute approximate surface area is 132 Å². The fourth-order valence-corrected chi connectivity index (χ4v) is 2.33. The third-order valence-corrected chi connectivity index (χ3v) is 3.47. The number of hydrazone groups is 1. The van der Waals surface area contributed by atoms with Gasteiger partial charge in [0, 0.05) is 12.1 Å². The first-order valence-electron chi connectivity index (χ1n) is 6.89. The van der Waals surface area contributed by atoms with Gasteiger partial charge in [0.05, 0.1) is 22.5 Å². The molecule has 0 bridgehead atoms. The lowest BCUT2D eigenvalue weighted by Crippen LogP contribution is -2.21. The Kier molecular flexibility index (Phi) is 3.50. The molecule has 2 aromatic carbocycles. The summed E-state index contributed by atoms with van der Waals surface area (Å²) in [7, 11) is 0. The second kappa shape index (κ2) is 5.49. The number of para-hydroxylation sites is 1. The molecule has 6 heteroatoms. The third-order valence-electron chi connectivity index (χ3n) is 3.47. The summed E-state index contributed by atoms with van der Waals surface area (Å²) in [5.41, 5.74) is 1.39. The third kappa shape index (κ3) is 2.62. The number of phenols is 3. The number of benzene rings is 2. The lowest BCUT2D eigenvalue weighted by molar-refractivity contribution is -0.114. The number of amides is 1. The quantitative estimate of drug-likeness (QED) is 0.743. The van der Waals surface area contributed by atoms with Crippen LogP contribution in [0.15, 0.2) is 53.1 Å².